The predicted octanol–water partition coefficient (Wildman–Crippen LogP) is 7.87. The summed E-state index contributed by atoms with van der Waals surface area (Å²) in [7, 11) is 3.45. The van der Waals surface area contributed by atoms with E-state index < -0.39 is 19.4 Å². The third-order valence-corrected chi connectivity index (χ3v) is 8.17. The van der Waals surface area contributed by atoms with Crippen LogP contribution in [0.1, 0.15) is 129 Å². The van der Waals surface area contributed by atoms with Crippen molar-refractivity contribution in [1.82, 2.24) is 0 Å². The normalized spacial score (nSPS) is 13.8. The van der Waals surface area contributed by atoms with Crippen LogP contribution in [-0.4, -0.2) is 85.8 Å². The molecule has 8 heteroatoms. The Balaban J connectivity index is 0. The highest BCUT2D eigenvalue weighted by Gasteiger charge is 2.28. The average molecular weight is 595 g/mol. The van der Waals surface area contributed by atoms with Crippen LogP contribution >= 0.6 is 7.60 Å². The van der Waals surface area contributed by atoms with E-state index in [0.29, 0.717) is 24.2 Å². The number of nitrogens with zero attached hydrogens (tertiary/aromatic N) is 1. The molecule has 0 amide bonds. The van der Waals surface area contributed by atoms with Crippen molar-refractivity contribution in [3.8, 4) is 0 Å². The summed E-state index contributed by atoms with van der Waals surface area (Å²) in [6.45, 7) is 5.85. The maximum Gasteiger partial charge on any atom is 0.333 e. The molecule has 0 aliphatic heterocycles. The highest BCUT2D eigenvalue weighted by Crippen LogP contribution is 2.41. The molecule has 0 spiro atoms. The lowest BCUT2D eigenvalue weighted by atomic mass is 10.1. The number of allylic oxidation sites excluding steroid dienone is 2. The second-order valence-corrected chi connectivity index (χ2v) is 14.5. The van der Waals surface area contributed by atoms with E-state index >= 15 is 0 Å². The van der Waals surface area contributed by atoms with Gasteiger partial charge in [0.15, 0.2) is 0 Å². The fourth-order valence-corrected chi connectivity index (χ4v) is 5.22. The molecule has 0 bridgehead atoms. The van der Waals surface area contributed by atoms with E-state index in [2.05, 4.69) is 19.1 Å². The van der Waals surface area contributed by atoms with Crippen LogP contribution in [0.3, 0.4) is 0 Å². The summed E-state index contributed by atoms with van der Waals surface area (Å²) >= 11 is 0. The SMILES string of the molecule is CC(C[N+](C)(C)C)P(=O)(O)O.CCCCCCCCCCC/C=C\CCCCCCCCCOC[C@@H](O)COC. The van der Waals surface area contributed by atoms with Gasteiger partial charge >= 0.3 is 7.60 Å². The molecule has 3 N–H and O–H groups in total. The van der Waals surface area contributed by atoms with Gasteiger partial charge in [0, 0.05) is 13.7 Å². The van der Waals surface area contributed by atoms with Crippen molar-refractivity contribution in [3.05, 3.63) is 12.2 Å². The number of methoxy groups -OCH3 is 1. The minimum Gasteiger partial charge on any atom is -0.388 e. The topological polar surface area (TPSA) is 96.2 Å². The van der Waals surface area contributed by atoms with Crippen LogP contribution in [-0.2, 0) is 14.0 Å². The van der Waals surface area contributed by atoms with Crippen LogP contribution in [0.5, 0.6) is 0 Å². The molecule has 0 fully saturated rings. The minimum atomic E-state index is -3.87. The summed E-state index contributed by atoms with van der Waals surface area (Å²) in [6, 6.07) is 0. The Morgan fingerprint density at radius 3 is 1.52 bits per heavy atom. The first-order valence-corrected chi connectivity index (χ1v) is 17.9. The largest absolute Gasteiger partial charge is 0.388 e. The Morgan fingerprint density at radius 1 is 0.725 bits per heavy atom. The summed E-state index contributed by atoms with van der Waals surface area (Å²) < 4.78 is 21.6. The molecule has 0 rings (SSSR count). The number of unbranched alkanes of at least 4 members (excludes halogenated alkanes) is 16. The second kappa shape index (κ2) is 28.8. The summed E-state index contributed by atoms with van der Waals surface area (Å²) in [4.78, 5) is 17.5. The van der Waals surface area contributed by atoms with E-state index in [9.17, 15) is 9.67 Å². The molecule has 1 unspecified atom stereocenters. The van der Waals surface area contributed by atoms with Gasteiger partial charge in [-0.3, -0.25) is 4.57 Å². The lowest BCUT2D eigenvalue weighted by Crippen LogP contribution is -2.40. The van der Waals surface area contributed by atoms with Crippen LogP contribution < -0.4 is 0 Å². The van der Waals surface area contributed by atoms with Gasteiger partial charge < -0.3 is 28.9 Å². The van der Waals surface area contributed by atoms with Crippen molar-refractivity contribution in [2.45, 2.75) is 141 Å². The maximum atomic E-state index is 10.7. The van der Waals surface area contributed by atoms with Gasteiger partial charge in [0.1, 0.15) is 11.8 Å². The number of ether oxygens (including phenoxy) is 2. The summed E-state index contributed by atoms with van der Waals surface area (Å²) in [5.41, 5.74) is -0.553. The molecule has 0 aromatic heterocycles. The molecule has 0 saturated carbocycles. The van der Waals surface area contributed by atoms with Crippen molar-refractivity contribution >= 4 is 7.60 Å². The van der Waals surface area contributed by atoms with Crippen LogP contribution in [0.2, 0.25) is 0 Å². The van der Waals surface area contributed by atoms with Crippen LogP contribution in [0, 0.1) is 0 Å². The maximum absolute atomic E-state index is 10.7. The van der Waals surface area contributed by atoms with E-state index in [0.717, 1.165) is 13.0 Å². The number of aliphatic hydroxyl groups is 1. The van der Waals surface area contributed by atoms with Crippen molar-refractivity contribution in [2.24, 2.45) is 0 Å². The fraction of sp³-hybridized carbons (Fsp3) is 0.938. The number of hydrogen-bond acceptors (Lipinski definition) is 4. The summed E-state index contributed by atoms with van der Waals surface area (Å²) in [5.74, 6) is 0. The number of quaternary nitrogens is 1. The van der Waals surface area contributed by atoms with Gasteiger partial charge in [-0.2, -0.15) is 0 Å². The molecule has 242 valence electrons. The number of aliphatic hydroxyl groups excluding tert-OH is 1. The van der Waals surface area contributed by atoms with Gasteiger partial charge in [-0.05, 0) is 39.0 Å². The average Bonchev–Trinajstić information content (AvgIpc) is 2.86. The zero-order valence-electron chi connectivity index (χ0n) is 27.3. The van der Waals surface area contributed by atoms with Crippen LogP contribution in [0.25, 0.3) is 0 Å². The summed E-state index contributed by atoms with van der Waals surface area (Å²) in [5, 5.41) is 9.46. The molecule has 0 saturated heterocycles. The Kier molecular flexibility index (Phi) is 30.2. The van der Waals surface area contributed by atoms with Crippen molar-refractivity contribution in [3.63, 3.8) is 0 Å². The second-order valence-electron chi connectivity index (χ2n) is 12.4. The van der Waals surface area contributed by atoms with E-state index in [1.54, 1.807) is 14.0 Å². The molecule has 0 radical (unpaired) electrons. The molecule has 2 atom stereocenters. The number of hydrogen-bond donors (Lipinski definition) is 3. The fourth-order valence-electron chi connectivity index (χ4n) is 4.52. The first-order chi connectivity index (χ1) is 18.9. The molecule has 0 aliphatic rings. The molecule has 0 aliphatic carbocycles. The van der Waals surface area contributed by atoms with Gasteiger partial charge in [0.25, 0.3) is 0 Å². The Labute approximate surface area is 248 Å². The molecular weight excluding hydrogens is 525 g/mol. The van der Waals surface area contributed by atoms with E-state index in [4.69, 9.17) is 19.3 Å². The van der Waals surface area contributed by atoms with Gasteiger partial charge in [-0.15, -0.1) is 0 Å². The smallest absolute Gasteiger partial charge is 0.333 e. The highest BCUT2D eigenvalue weighted by atomic mass is 31.2. The summed E-state index contributed by atoms with van der Waals surface area (Å²) in [6.07, 6.45) is 28.7. The Morgan fingerprint density at radius 2 is 1.15 bits per heavy atom. The zero-order chi connectivity index (χ0) is 30.5. The quantitative estimate of drug-likeness (QED) is 0.0388. The van der Waals surface area contributed by atoms with E-state index in [1.807, 2.05) is 21.1 Å². The monoisotopic (exact) mass is 594 g/mol. The molecule has 40 heavy (non-hydrogen) atoms. The Bertz CT molecular complexity index is 590. The first kappa shape index (κ1) is 41.9. The molecule has 0 heterocycles. The van der Waals surface area contributed by atoms with Crippen molar-refractivity contribution in [1.29, 1.82) is 0 Å². The Hall–Kier alpha value is -0.270. The van der Waals surface area contributed by atoms with Gasteiger partial charge in [-0.25, -0.2) is 0 Å². The van der Waals surface area contributed by atoms with Gasteiger partial charge in [0.05, 0.1) is 40.9 Å². The molecule has 7 nitrogen and oxygen atoms in total. The minimum absolute atomic E-state index is 0.356. The number of rotatable bonds is 27. The van der Waals surface area contributed by atoms with Crippen LogP contribution in [0.15, 0.2) is 12.2 Å². The van der Waals surface area contributed by atoms with E-state index in [-0.39, 0.29) is 0 Å². The first-order valence-electron chi connectivity index (χ1n) is 16.2. The molecule has 0 aromatic carbocycles. The zero-order valence-corrected chi connectivity index (χ0v) is 28.2. The van der Waals surface area contributed by atoms with Crippen LogP contribution in [0.4, 0.5) is 0 Å². The lowest BCUT2D eigenvalue weighted by Gasteiger charge is -2.27. The van der Waals surface area contributed by atoms with Gasteiger partial charge in [0.2, 0.25) is 0 Å². The third kappa shape index (κ3) is 35.8. The van der Waals surface area contributed by atoms with Crippen molar-refractivity contribution in [2.75, 3.05) is 54.6 Å². The third-order valence-electron chi connectivity index (χ3n) is 6.86. The predicted molar refractivity (Wildman–Crippen MR) is 171 cm³/mol. The van der Waals surface area contributed by atoms with Crippen molar-refractivity contribution < 1.29 is 33.4 Å². The molecule has 0 aromatic rings. The highest BCUT2D eigenvalue weighted by molar-refractivity contribution is 7.52. The standard InChI is InChI=1S/C26H52O3.C6H16NO3P/c1-3-4-5-6-7-8-9-10-11-12-13-14-15-16-17-18-19-20-21-22-23-29-25-26(27)24-28-2;1-6(11(8,9)10)5-7(2,3)4/h13-14,26-27H,3-12,15-25H2,1-2H3;6H,5H2,1-4H3,(H-,8,9,10)/p+1/b14-13-;/t26-;/m0./s1. The van der Waals surface area contributed by atoms with E-state index in [1.165, 1.54) is 109 Å². The molecular formula is C32H69NO6P+. The lowest BCUT2D eigenvalue weighted by molar-refractivity contribution is -0.869. The van der Waals surface area contributed by atoms with Gasteiger partial charge in [-0.1, -0.05) is 103 Å².